The Morgan fingerprint density at radius 3 is 2.67 bits per heavy atom. The van der Waals surface area contributed by atoms with Gasteiger partial charge in [0, 0.05) is 12.0 Å². The first-order valence-electron chi connectivity index (χ1n) is 6.21. The Hall–Kier alpha value is -1.55. The minimum atomic E-state index is -0.374. The van der Waals surface area contributed by atoms with Crippen LogP contribution in [0.3, 0.4) is 0 Å². The van der Waals surface area contributed by atoms with Crippen LogP contribution in [-0.4, -0.2) is 26.2 Å². The van der Waals surface area contributed by atoms with Gasteiger partial charge in [-0.2, -0.15) is 0 Å². The summed E-state index contributed by atoms with van der Waals surface area (Å²) in [6.07, 6.45) is 3.41. The van der Waals surface area contributed by atoms with E-state index >= 15 is 0 Å². The van der Waals surface area contributed by atoms with Crippen molar-refractivity contribution in [2.24, 2.45) is 11.1 Å². The van der Waals surface area contributed by atoms with Crippen LogP contribution < -0.4 is 10.5 Å². The molecule has 0 heterocycles. The number of benzene rings is 1. The van der Waals surface area contributed by atoms with E-state index in [0.717, 1.165) is 12.8 Å². The van der Waals surface area contributed by atoms with Gasteiger partial charge in [0.25, 0.3) is 0 Å². The number of para-hydroxylation sites is 1. The van der Waals surface area contributed by atoms with Gasteiger partial charge in [-0.15, -0.1) is 0 Å². The lowest BCUT2D eigenvalue weighted by Crippen LogP contribution is -2.42. The number of carbonyl (C=O) groups excluding carboxylic acids is 1. The van der Waals surface area contributed by atoms with E-state index in [1.54, 1.807) is 18.2 Å². The normalized spacial score (nSPS) is 16.8. The van der Waals surface area contributed by atoms with Crippen molar-refractivity contribution in [1.29, 1.82) is 0 Å². The van der Waals surface area contributed by atoms with Crippen LogP contribution in [0, 0.1) is 5.41 Å². The van der Waals surface area contributed by atoms with Crippen molar-refractivity contribution in [3.63, 3.8) is 0 Å². The maximum Gasteiger partial charge on any atom is 0.341 e. The van der Waals surface area contributed by atoms with Crippen LogP contribution >= 0.6 is 0 Å². The predicted octanol–water partition coefficient (Wildman–Crippen LogP) is 1.98. The van der Waals surface area contributed by atoms with E-state index in [2.05, 4.69) is 0 Å². The molecule has 1 saturated carbocycles. The lowest BCUT2D eigenvalue weighted by atomic mass is 9.69. The molecule has 0 amide bonds. The molecule has 1 aliphatic carbocycles. The Morgan fingerprint density at radius 1 is 1.39 bits per heavy atom. The maximum atomic E-state index is 11.6. The topological polar surface area (TPSA) is 61.5 Å². The second-order valence-electron chi connectivity index (χ2n) is 4.83. The van der Waals surface area contributed by atoms with Gasteiger partial charge in [0.2, 0.25) is 0 Å². The summed E-state index contributed by atoms with van der Waals surface area (Å²) in [6.45, 7) is 1.20. The van der Waals surface area contributed by atoms with E-state index in [9.17, 15) is 4.79 Å². The van der Waals surface area contributed by atoms with E-state index in [0.29, 0.717) is 24.5 Å². The highest BCUT2D eigenvalue weighted by Gasteiger charge is 2.36. The summed E-state index contributed by atoms with van der Waals surface area (Å²) in [7, 11) is 1.37. The van der Waals surface area contributed by atoms with Gasteiger partial charge in [0.05, 0.1) is 13.7 Å². The monoisotopic (exact) mass is 249 g/mol. The van der Waals surface area contributed by atoms with Crippen LogP contribution in [0.4, 0.5) is 0 Å². The molecule has 1 aromatic rings. The van der Waals surface area contributed by atoms with Gasteiger partial charge < -0.3 is 15.2 Å². The smallest absolute Gasteiger partial charge is 0.341 e. The van der Waals surface area contributed by atoms with Gasteiger partial charge in [0.15, 0.2) is 0 Å². The first-order valence-corrected chi connectivity index (χ1v) is 6.21. The highest BCUT2D eigenvalue weighted by molar-refractivity contribution is 5.92. The highest BCUT2D eigenvalue weighted by Crippen LogP contribution is 2.40. The van der Waals surface area contributed by atoms with Gasteiger partial charge in [-0.25, -0.2) is 4.79 Å². The Bertz CT molecular complexity index is 421. The summed E-state index contributed by atoms with van der Waals surface area (Å²) < 4.78 is 10.5. The standard InChI is InChI=1S/C14H19NO3/c1-17-13(16)11-5-2-3-6-12(11)18-10-14(9-15)7-4-8-14/h2-3,5-6H,4,7-10,15H2,1H3. The van der Waals surface area contributed by atoms with E-state index < -0.39 is 0 Å². The van der Waals surface area contributed by atoms with E-state index in [1.165, 1.54) is 13.5 Å². The van der Waals surface area contributed by atoms with Crippen molar-refractivity contribution in [1.82, 2.24) is 0 Å². The molecule has 98 valence electrons. The molecule has 1 fully saturated rings. The second kappa shape index (κ2) is 5.40. The molecule has 0 unspecified atom stereocenters. The van der Waals surface area contributed by atoms with Crippen LogP contribution in [0.15, 0.2) is 24.3 Å². The minimum absolute atomic E-state index is 0.100. The lowest BCUT2D eigenvalue weighted by Gasteiger charge is -2.40. The molecular formula is C14H19NO3. The fourth-order valence-corrected chi connectivity index (χ4v) is 2.19. The van der Waals surface area contributed by atoms with Gasteiger partial charge in [-0.1, -0.05) is 18.6 Å². The van der Waals surface area contributed by atoms with Crippen LogP contribution in [-0.2, 0) is 4.74 Å². The van der Waals surface area contributed by atoms with Crippen LogP contribution in [0.5, 0.6) is 5.75 Å². The molecule has 1 aliphatic rings. The lowest BCUT2D eigenvalue weighted by molar-refractivity contribution is 0.0556. The third kappa shape index (κ3) is 2.48. The number of esters is 1. The fraction of sp³-hybridized carbons (Fsp3) is 0.500. The number of carbonyl (C=O) groups is 1. The second-order valence-corrected chi connectivity index (χ2v) is 4.83. The molecule has 0 atom stereocenters. The van der Waals surface area contributed by atoms with Crippen LogP contribution in [0.2, 0.25) is 0 Å². The van der Waals surface area contributed by atoms with Crippen LogP contribution in [0.1, 0.15) is 29.6 Å². The van der Waals surface area contributed by atoms with Gasteiger partial charge in [-0.3, -0.25) is 0 Å². The first-order chi connectivity index (χ1) is 8.71. The van der Waals surface area contributed by atoms with Gasteiger partial charge in [-0.05, 0) is 25.0 Å². The molecule has 0 radical (unpaired) electrons. The average Bonchev–Trinajstić information content (AvgIpc) is 2.37. The zero-order valence-corrected chi connectivity index (χ0v) is 10.6. The molecule has 2 N–H and O–H groups in total. The van der Waals surface area contributed by atoms with E-state index in [1.807, 2.05) is 6.07 Å². The zero-order valence-electron chi connectivity index (χ0n) is 10.6. The molecule has 4 heteroatoms. The van der Waals surface area contributed by atoms with Crippen molar-refractivity contribution in [3.8, 4) is 5.75 Å². The number of hydrogen-bond donors (Lipinski definition) is 1. The molecule has 0 aromatic heterocycles. The zero-order chi connectivity index (χ0) is 13.0. The summed E-state index contributed by atoms with van der Waals surface area (Å²) in [5.41, 5.74) is 6.35. The third-order valence-electron chi connectivity index (χ3n) is 3.67. The summed E-state index contributed by atoms with van der Waals surface area (Å²) >= 11 is 0. The molecule has 4 nitrogen and oxygen atoms in total. The SMILES string of the molecule is COC(=O)c1ccccc1OCC1(CN)CCC1. The number of nitrogens with two attached hydrogens (primary N) is 1. The summed E-state index contributed by atoms with van der Waals surface area (Å²) in [5, 5.41) is 0. The van der Waals surface area contributed by atoms with Crippen molar-refractivity contribution < 1.29 is 14.3 Å². The number of hydrogen-bond acceptors (Lipinski definition) is 4. The fourth-order valence-electron chi connectivity index (χ4n) is 2.19. The Morgan fingerprint density at radius 2 is 2.11 bits per heavy atom. The highest BCUT2D eigenvalue weighted by atomic mass is 16.5. The molecule has 18 heavy (non-hydrogen) atoms. The summed E-state index contributed by atoms with van der Waals surface area (Å²) in [6, 6.07) is 7.13. The van der Waals surface area contributed by atoms with Crippen LogP contribution in [0.25, 0.3) is 0 Å². The summed E-state index contributed by atoms with van der Waals surface area (Å²) in [4.78, 5) is 11.6. The van der Waals surface area contributed by atoms with Crippen molar-refractivity contribution in [3.05, 3.63) is 29.8 Å². The van der Waals surface area contributed by atoms with Crippen molar-refractivity contribution in [2.45, 2.75) is 19.3 Å². The van der Waals surface area contributed by atoms with E-state index in [4.69, 9.17) is 15.2 Å². The van der Waals surface area contributed by atoms with E-state index in [-0.39, 0.29) is 11.4 Å². The Balaban J connectivity index is 2.07. The Labute approximate surface area is 107 Å². The molecule has 0 spiro atoms. The molecule has 1 aromatic carbocycles. The molecule has 0 aliphatic heterocycles. The largest absolute Gasteiger partial charge is 0.492 e. The molecule has 0 bridgehead atoms. The third-order valence-corrected chi connectivity index (χ3v) is 3.67. The number of rotatable bonds is 5. The molecule has 2 rings (SSSR count). The average molecular weight is 249 g/mol. The number of ether oxygens (including phenoxy) is 2. The molecule has 0 saturated heterocycles. The minimum Gasteiger partial charge on any atom is -0.492 e. The Kier molecular flexibility index (Phi) is 3.87. The molecular weight excluding hydrogens is 230 g/mol. The van der Waals surface area contributed by atoms with Crippen molar-refractivity contribution in [2.75, 3.05) is 20.3 Å². The summed E-state index contributed by atoms with van der Waals surface area (Å²) in [5.74, 6) is 0.199. The first kappa shape index (κ1) is 12.9. The predicted molar refractivity (Wildman–Crippen MR) is 68.6 cm³/mol. The maximum absolute atomic E-state index is 11.6. The number of methoxy groups -OCH3 is 1. The van der Waals surface area contributed by atoms with Gasteiger partial charge in [0.1, 0.15) is 11.3 Å². The quantitative estimate of drug-likeness (QED) is 0.810. The van der Waals surface area contributed by atoms with Gasteiger partial charge >= 0.3 is 5.97 Å². The van der Waals surface area contributed by atoms with Crippen molar-refractivity contribution >= 4 is 5.97 Å².